The van der Waals surface area contributed by atoms with Crippen LogP contribution < -0.4 is 5.32 Å². The van der Waals surface area contributed by atoms with Gasteiger partial charge in [0.2, 0.25) is 0 Å². The second-order valence-corrected chi connectivity index (χ2v) is 6.10. The highest BCUT2D eigenvalue weighted by Crippen LogP contribution is 2.18. The summed E-state index contributed by atoms with van der Waals surface area (Å²) in [6.07, 6.45) is -0.939. The number of ketones is 1. The molecule has 0 aliphatic carbocycles. The Morgan fingerprint density at radius 1 is 1.17 bits per heavy atom. The van der Waals surface area contributed by atoms with Gasteiger partial charge in [0, 0.05) is 6.42 Å². The van der Waals surface area contributed by atoms with Crippen LogP contribution in [0.2, 0.25) is 0 Å². The standard InChI is InChI=1S/C17H22N2O5/c1-17(2,3)24-16(22)19-12(11-8-6-5-7-9-11)10-13(20)14(18)15(21)23-4/h5-9,12,18H,10H2,1-4H3,(H,19,22). The molecule has 7 heteroatoms. The lowest BCUT2D eigenvalue weighted by Crippen LogP contribution is -2.37. The summed E-state index contributed by atoms with van der Waals surface area (Å²) in [6.45, 7) is 5.17. The summed E-state index contributed by atoms with van der Waals surface area (Å²) in [5.41, 5.74) is -0.785. The Morgan fingerprint density at radius 2 is 1.75 bits per heavy atom. The quantitative estimate of drug-likeness (QED) is 0.472. The number of alkyl carbamates (subject to hydrolysis) is 1. The first kappa shape index (κ1) is 19.3. The molecule has 2 N–H and O–H groups in total. The van der Waals surface area contributed by atoms with Crippen LogP contribution in [0.4, 0.5) is 4.79 Å². The molecular weight excluding hydrogens is 312 g/mol. The molecule has 1 aromatic rings. The van der Waals surface area contributed by atoms with Gasteiger partial charge in [-0.05, 0) is 26.3 Å². The van der Waals surface area contributed by atoms with Crippen LogP contribution in [0.5, 0.6) is 0 Å². The van der Waals surface area contributed by atoms with Crippen LogP contribution in [0.1, 0.15) is 38.8 Å². The van der Waals surface area contributed by atoms with E-state index in [0.717, 1.165) is 7.11 Å². The minimum Gasteiger partial charge on any atom is -0.464 e. The normalized spacial score (nSPS) is 12.0. The Labute approximate surface area is 140 Å². The van der Waals surface area contributed by atoms with E-state index >= 15 is 0 Å². The minimum absolute atomic E-state index is 0.253. The average molecular weight is 334 g/mol. The van der Waals surface area contributed by atoms with Crippen LogP contribution in [0.25, 0.3) is 0 Å². The fourth-order valence-corrected chi connectivity index (χ4v) is 1.89. The van der Waals surface area contributed by atoms with Gasteiger partial charge in [-0.25, -0.2) is 9.59 Å². The van der Waals surface area contributed by atoms with Gasteiger partial charge in [-0.1, -0.05) is 30.3 Å². The Morgan fingerprint density at radius 3 is 2.25 bits per heavy atom. The summed E-state index contributed by atoms with van der Waals surface area (Å²) < 4.78 is 9.56. The number of nitrogens with one attached hydrogen (secondary N) is 2. The molecule has 0 saturated carbocycles. The van der Waals surface area contributed by atoms with Crippen molar-refractivity contribution < 1.29 is 23.9 Å². The first-order chi connectivity index (χ1) is 11.1. The maximum atomic E-state index is 12.1. The van der Waals surface area contributed by atoms with Crippen molar-refractivity contribution in [2.45, 2.75) is 38.8 Å². The molecule has 1 atom stereocenters. The lowest BCUT2D eigenvalue weighted by atomic mass is 9.99. The van der Waals surface area contributed by atoms with Crippen LogP contribution in [0, 0.1) is 5.41 Å². The van der Waals surface area contributed by atoms with Crippen molar-refractivity contribution in [2.75, 3.05) is 7.11 Å². The van der Waals surface area contributed by atoms with Gasteiger partial charge in [-0.2, -0.15) is 0 Å². The summed E-state index contributed by atoms with van der Waals surface area (Å²) in [6, 6.07) is 8.06. The zero-order valence-corrected chi connectivity index (χ0v) is 14.2. The van der Waals surface area contributed by atoms with Crippen molar-refractivity contribution in [3.8, 4) is 0 Å². The molecule has 0 spiro atoms. The molecule has 7 nitrogen and oxygen atoms in total. The van der Waals surface area contributed by atoms with Gasteiger partial charge in [0.25, 0.3) is 0 Å². The Kier molecular flexibility index (Phi) is 6.64. The van der Waals surface area contributed by atoms with E-state index in [9.17, 15) is 14.4 Å². The molecule has 0 fully saturated rings. The monoisotopic (exact) mass is 334 g/mol. The second kappa shape index (κ2) is 8.24. The molecule has 0 bridgehead atoms. The molecule has 1 rings (SSSR count). The van der Waals surface area contributed by atoms with Crippen molar-refractivity contribution in [1.29, 1.82) is 5.41 Å². The molecule has 0 aliphatic heterocycles. The lowest BCUT2D eigenvalue weighted by molar-refractivity contribution is -0.133. The fraction of sp³-hybridized carbons (Fsp3) is 0.412. The van der Waals surface area contributed by atoms with Crippen molar-refractivity contribution >= 4 is 23.6 Å². The number of methoxy groups -OCH3 is 1. The predicted molar refractivity (Wildman–Crippen MR) is 87.9 cm³/mol. The molecule has 0 aliphatic rings. The van der Waals surface area contributed by atoms with E-state index in [1.807, 2.05) is 0 Å². The van der Waals surface area contributed by atoms with Crippen LogP contribution in [-0.4, -0.2) is 36.3 Å². The molecule has 1 aromatic carbocycles. The highest BCUT2D eigenvalue weighted by molar-refractivity contribution is 6.63. The van der Waals surface area contributed by atoms with E-state index in [1.165, 1.54) is 0 Å². The molecule has 1 unspecified atom stereocenters. The molecule has 1 amide bonds. The number of ether oxygens (including phenoxy) is 2. The smallest absolute Gasteiger partial charge is 0.408 e. The predicted octanol–water partition coefficient (Wildman–Crippen LogP) is 2.40. The summed E-state index contributed by atoms with van der Waals surface area (Å²) in [5.74, 6) is -1.74. The molecule has 130 valence electrons. The first-order valence-electron chi connectivity index (χ1n) is 7.38. The molecule has 0 aromatic heterocycles. The van der Waals surface area contributed by atoms with Crippen molar-refractivity contribution in [2.24, 2.45) is 0 Å². The van der Waals surface area contributed by atoms with Crippen LogP contribution in [0.15, 0.2) is 30.3 Å². The third-order valence-electron chi connectivity index (χ3n) is 2.95. The Balaban J connectivity index is 2.91. The third-order valence-corrected chi connectivity index (χ3v) is 2.95. The number of Topliss-reactive ketones (excluding diaryl/α,β-unsaturated/α-hetero) is 1. The Bertz CT molecular complexity index is 620. The van der Waals surface area contributed by atoms with E-state index < -0.39 is 35.2 Å². The summed E-state index contributed by atoms with van der Waals surface area (Å²) >= 11 is 0. The number of hydrogen-bond donors (Lipinski definition) is 2. The Hall–Kier alpha value is -2.70. The van der Waals surface area contributed by atoms with Crippen molar-refractivity contribution in [3.05, 3.63) is 35.9 Å². The molecular formula is C17H22N2O5. The summed E-state index contributed by atoms with van der Waals surface area (Å²) in [7, 11) is 1.10. The minimum atomic E-state index is -1.01. The van der Waals surface area contributed by atoms with Gasteiger partial charge >= 0.3 is 12.1 Å². The molecule has 0 radical (unpaired) electrons. The topological polar surface area (TPSA) is 106 Å². The molecule has 0 saturated heterocycles. The van der Waals surface area contributed by atoms with E-state index in [0.29, 0.717) is 5.56 Å². The number of carbonyl (C=O) groups excluding carboxylic acids is 3. The zero-order valence-electron chi connectivity index (χ0n) is 14.2. The first-order valence-corrected chi connectivity index (χ1v) is 7.38. The average Bonchev–Trinajstić information content (AvgIpc) is 2.51. The maximum absolute atomic E-state index is 12.1. The third kappa shape index (κ3) is 6.20. The second-order valence-electron chi connectivity index (χ2n) is 6.10. The summed E-state index contributed by atoms with van der Waals surface area (Å²) in [4.78, 5) is 35.4. The number of rotatable bonds is 6. The van der Waals surface area contributed by atoms with Crippen molar-refractivity contribution in [3.63, 3.8) is 0 Å². The van der Waals surface area contributed by atoms with Crippen molar-refractivity contribution in [1.82, 2.24) is 5.32 Å². The fourth-order valence-electron chi connectivity index (χ4n) is 1.89. The van der Waals surface area contributed by atoms with E-state index in [1.54, 1.807) is 51.1 Å². The van der Waals surface area contributed by atoms with Gasteiger partial charge in [0.1, 0.15) is 5.60 Å². The van der Waals surface area contributed by atoms with Gasteiger partial charge in [-0.15, -0.1) is 0 Å². The highest BCUT2D eigenvalue weighted by atomic mass is 16.6. The van der Waals surface area contributed by atoms with Crippen LogP contribution >= 0.6 is 0 Å². The van der Waals surface area contributed by atoms with Gasteiger partial charge in [-0.3, -0.25) is 10.2 Å². The largest absolute Gasteiger partial charge is 0.464 e. The van der Waals surface area contributed by atoms with Crippen LogP contribution in [0.3, 0.4) is 0 Å². The number of amides is 1. The maximum Gasteiger partial charge on any atom is 0.408 e. The van der Waals surface area contributed by atoms with Crippen LogP contribution in [-0.2, 0) is 19.1 Å². The highest BCUT2D eigenvalue weighted by Gasteiger charge is 2.26. The van der Waals surface area contributed by atoms with E-state index in [4.69, 9.17) is 10.1 Å². The number of benzene rings is 1. The zero-order chi connectivity index (χ0) is 18.3. The van der Waals surface area contributed by atoms with Gasteiger partial charge < -0.3 is 14.8 Å². The number of hydrogen-bond acceptors (Lipinski definition) is 6. The van der Waals surface area contributed by atoms with E-state index in [2.05, 4.69) is 10.1 Å². The SMILES string of the molecule is COC(=O)C(=N)C(=O)CC(NC(=O)OC(C)(C)C)c1ccccc1. The number of carbonyl (C=O) groups is 3. The number of esters is 1. The van der Waals surface area contributed by atoms with E-state index in [-0.39, 0.29) is 6.42 Å². The van der Waals surface area contributed by atoms with Gasteiger partial charge in [0.05, 0.1) is 13.2 Å². The van der Waals surface area contributed by atoms with Gasteiger partial charge in [0.15, 0.2) is 11.5 Å². The summed E-state index contributed by atoms with van der Waals surface area (Å²) in [5, 5.41) is 10.1. The lowest BCUT2D eigenvalue weighted by Gasteiger charge is -2.23. The molecule has 0 heterocycles. The molecule has 24 heavy (non-hydrogen) atoms.